The maximum Gasteiger partial charge on any atom is 0.316 e. The van der Waals surface area contributed by atoms with Gasteiger partial charge in [0.15, 0.2) is 5.65 Å². The molecule has 0 fully saturated rings. The third-order valence-electron chi connectivity index (χ3n) is 4.60. The summed E-state index contributed by atoms with van der Waals surface area (Å²) >= 11 is 3.56. The summed E-state index contributed by atoms with van der Waals surface area (Å²) in [5.41, 5.74) is 2.90. The lowest BCUT2D eigenvalue weighted by atomic mass is 9.95. The number of halogens is 1. The van der Waals surface area contributed by atoms with E-state index in [2.05, 4.69) is 56.2 Å². The summed E-state index contributed by atoms with van der Waals surface area (Å²) in [5.74, 6) is 1.35. The Labute approximate surface area is 167 Å². The number of fused-ring (bicyclic) bond motifs is 1. The number of rotatable bonds is 9. The average Bonchev–Trinajstić information content (AvgIpc) is 3.08. The van der Waals surface area contributed by atoms with Gasteiger partial charge in [0.05, 0.1) is 17.8 Å². The highest BCUT2D eigenvalue weighted by Crippen LogP contribution is 2.29. The van der Waals surface area contributed by atoms with Gasteiger partial charge in [-0.3, -0.25) is 0 Å². The van der Waals surface area contributed by atoms with Gasteiger partial charge in [0.25, 0.3) is 0 Å². The number of hydrogen-bond acceptors (Lipinski definition) is 6. The first-order valence-corrected chi connectivity index (χ1v) is 10.1. The molecule has 0 aromatic carbocycles. The molecule has 1 unspecified atom stereocenters. The SMILES string of the molecule is CCCCC(CC)c1cc(NCc2cnc(OC)nc2)n2ncc(Br)c2n1. The second-order valence-electron chi connectivity index (χ2n) is 6.47. The van der Waals surface area contributed by atoms with Crippen molar-refractivity contribution in [3.63, 3.8) is 0 Å². The minimum atomic E-state index is 0.366. The second kappa shape index (κ2) is 9.12. The van der Waals surface area contributed by atoms with Crippen LogP contribution >= 0.6 is 15.9 Å². The Bertz CT molecular complexity index is 880. The number of nitrogens with one attached hydrogen (secondary N) is 1. The number of hydrogen-bond donors (Lipinski definition) is 1. The molecule has 3 aromatic rings. The maximum atomic E-state index is 5.01. The van der Waals surface area contributed by atoms with Crippen LogP contribution in [0.15, 0.2) is 29.1 Å². The van der Waals surface area contributed by atoms with E-state index in [-0.39, 0.29) is 0 Å². The Morgan fingerprint density at radius 2 is 2.00 bits per heavy atom. The van der Waals surface area contributed by atoms with E-state index in [1.165, 1.54) is 12.8 Å². The molecule has 7 nitrogen and oxygen atoms in total. The Hall–Kier alpha value is -2.22. The van der Waals surface area contributed by atoms with Crippen LogP contribution in [0.25, 0.3) is 5.65 Å². The average molecular weight is 433 g/mol. The number of methoxy groups -OCH3 is 1. The topological polar surface area (TPSA) is 77.2 Å². The molecule has 0 spiro atoms. The highest BCUT2D eigenvalue weighted by Gasteiger charge is 2.16. The van der Waals surface area contributed by atoms with Crippen molar-refractivity contribution in [3.8, 4) is 6.01 Å². The number of aromatic nitrogens is 5. The van der Waals surface area contributed by atoms with Gasteiger partial charge in [-0.15, -0.1) is 0 Å². The van der Waals surface area contributed by atoms with Gasteiger partial charge in [0, 0.05) is 42.2 Å². The summed E-state index contributed by atoms with van der Waals surface area (Å²) in [6, 6.07) is 2.48. The lowest BCUT2D eigenvalue weighted by Crippen LogP contribution is -2.10. The molecular formula is C19H25BrN6O. The zero-order valence-corrected chi connectivity index (χ0v) is 17.5. The normalized spacial score (nSPS) is 12.3. The lowest BCUT2D eigenvalue weighted by molar-refractivity contribution is 0.379. The van der Waals surface area contributed by atoms with Crippen LogP contribution in [0.4, 0.5) is 5.82 Å². The molecule has 0 aliphatic carbocycles. The molecule has 0 aliphatic rings. The van der Waals surface area contributed by atoms with E-state index in [0.29, 0.717) is 18.5 Å². The van der Waals surface area contributed by atoms with E-state index in [9.17, 15) is 0 Å². The molecule has 0 saturated carbocycles. The van der Waals surface area contributed by atoms with Crippen molar-refractivity contribution in [1.29, 1.82) is 0 Å². The van der Waals surface area contributed by atoms with Crippen LogP contribution < -0.4 is 10.1 Å². The van der Waals surface area contributed by atoms with Gasteiger partial charge in [0.2, 0.25) is 0 Å². The van der Waals surface area contributed by atoms with Crippen molar-refractivity contribution < 1.29 is 4.74 Å². The summed E-state index contributed by atoms with van der Waals surface area (Å²) in [5, 5.41) is 7.89. The number of ether oxygens (including phenoxy) is 1. The van der Waals surface area contributed by atoms with Gasteiger partial charge in [-0.2, -0.15) is 9.61 Å². The van der Waals surface area contributed by atoms with Crippen LogP contribution in [0.1, 0.15) is 56.7 Å². The fourth-order valence-corrected chi connectivity index (χ4v) is 3.38. The van der Waals surface area contributed by atoms with Gasteiger partial charge < -0.3 is 10.1 Å². The van der Waals surface area contributed by atoms with Crippen molar-refractivity contribution in [3.05, 3.63) is 40.4 Å². The first-order chi connectivity index (χ1) is 13.2. The second-order valence-corrected chi connectivity index (χ2v) is 7.33. The summed E-state index contributed by atoms with van der Waals surface area (Å²) in [4.78, 5) is 13.2. The fourth-order valence-electron chi connectivity index (χ4n) is 3.03. The number of nitrogens with zero attached hydrogens (tertiary/aromatic N) is 5. The van der Waals surface area contributed by atoms with Gasteiger partial charge in [-0.1, -0.05) is 26.7 Å². The third-order valence-corrected chi connectivity index (χ3v) is 5.16. The van der Waals surface area contributed by atoms with Crippen LogP contribution in [0.3, 0.4) is 0 Å². The standard InChI is InChI=1S/C19H25BrN6O/c1-4-6-7-14(5-2)16-8-17(26-18(25-16)15(20)12-24-26)21-9-13-10-22-19(27-3)23-11-13/h8,10-12,14,21H,4-7,9H2,1-3H3. The molecule has 0 aliphatic heterocycles. The van der Waals surface area contributed by atoms with Crippen molar-refractivity contribution in [1.82, 2.24) is 24.6 Å². The molecule has 0 radical (unpaired) electrons. The summed E-state index contributed by atoms with van der Waals surface area (Å²) < 4.78 is 7.73. The van der Waals surface area contributed by atoms with E-state index in [4.69, 9.17) is 9.72 Å². The highest BCUT2D eigenvalue weighted by atomic mass is 79.9. The molecule has 0 saturated heterocycles. The summed E-state index contributed by atoms with van der Waals surface area (Å²) in [6.07, 6.45) is 9.91. The molecular weight excluding hydrogens is 408 g/mol. The molecule has 0 amide bonds. The Balaban J connectivity index is 1.88. The maximum absolute atomic E-state index is 5.01. The van der Waals surface area contributed by atoms with Crippen molar-refractivity contribution in [2.75, 3.05) is 12.4 Å². The first kappa shape index (κ1) is 19.5. The molecule has 1 N–H and O–H groups in total. The molecule has 144 valence electrons. The number of unbranched alkanes of at least 4 members (excludes halogenated alkanes) is 1. The summed E-state index contributed by atoms with van der Waals surface area (Å²) in [7, 11) is 1.56. The van der Waals surface area contributed by atoms with E-state index < -0.39 is 0 Å². The number of anilines is 1. The van der Waals surface area contributed by atoms with Gasteiger partial charge >= 0.3 is 6.01 Å². The molecule has 8 heteroatoms. The molecule has 3 aromatic heterocycles. The van der Waals surface area contributed by atoms with E-state index >= 15 is 0 Å². The predicted molar refractivity (Wildman–Crippen MR) is 109 cm³/mol. The molecule has 27 heavy (non-hydrogen) atoms. The largest absolute Gasteiger partial charge is 0.467 e. The van der Waals surface area contributed by atoms with Crippen molar-refractivity contribution >= 4 is 27.4 Å². The Morgan fingerprint density at radius 1 is 1.22 bits per heavy atom. The van der Waals surface area contributed by atoms with E-state index in [0.717, 1.165) is 40.0 Å². The minimum absolute atomic E-state index is 0.366. The first-order valence-electron chi connectivity index (χ1n) is 9.29. The summed E-state index contributed by atoms with van der Waals surface area (Å²) in [6.45, 7) is 5.03. The van der Waals surface area contributed by atoms with Crippen LogP contribution in [0.2, 0.25) is 0 Å². The van der Waals surface area contributed by atoms with Crippen molar-refractivity contribution in [2.24, 2.45) is 0 Å². The Kier molecular flexibility index (Phi) is 6.60. The van der Waals surface area contributed by atoms with Crippen LogP contribution in [-0.2, 0) is 6.54 Å². The monoisotopic (exact) mass is 432 g/mol. The molecule has 0 bridgehead atoms. The smallest absolute Gasteiger partial charge is 0.316 e. The predicted octanol–water partition coefficient (Wildman–Crippen LogP) is 4.59. The van der Waals surface area contributed by atoms with Gasteiger partial charge in [-0.05, 0) is 28.8 Å². The van der Waals surface area contributed by atoms with Crippen LogP contribution in [-0.4, -0.2) is 31.7 Å². The van der Waals surface area contributed by atoms with Crippen LogP contribution in [0, 0.1) is 0 Å². The quantitative estimate of drug-likeness (QED) is 0.532. The minimum Gasteiger partial charge on any atom is -0.467 e. The molecule has 3 rings (SSSR count). The van der Waals surface area contributed by atoms with E-state index in [1.807, 2.05) is 4.52 Å². The van der Waals surface area contributed by atoms with Crippen molar-refractivity contribution in [2.45, 2.75) is 52.0 Å². The lowest BCUT2D eigenvalue weighted by Gasteiger charge is -2.17. The third kappa shape index (κ3) is 4.55. The zero-order chi connectivity index (χ0) is 19.2. The fraction of sp³-hybridized carbons (Fsp3) is 0.474. The Morgan fingerprint density at radius 3 is 2.67 bits per heavy atom. The molecule has 1 atom stereocenters. The zero-order valence-electron chi connectivity index (χ0n) is 15.9. The van der Waals surface area contributed by atoms with Gasteiger partial charge in [0.1, 0.15) is 5.82 Å². The van der Waals surface area contributed by atoms with E-state index in [1.54, 1.807) is 25.7 Å². The molecule has 3 heterocycles. The van der Waals surface area contributed by atoms with Crippen LogP contribution in [0.5, 0.6) is 6.01 Å². The highest BCUT2D eigenvalue weighted by molar-refractivity contribution is 9.10. The van der Waals surface area contributed by atoms with Gasteiger partial charge in [-0.25, -0.2) is 15.0 Å².